The quantitative estimate of drug-likeness (QED) is 0.677. The number of aromatic nitrogens is 3. The average Bonchev–Trinajstić information content (AvgIpc) is 2.53. The first-order chi connectivity index (χ1) is 10.5. The van der Waals surface area contributed by atoms with Gasteiger partial charge in [-0.15, -0.1) is 0 Å². The summed E-state index contributed by atoms with van der Waals surface area (Å²) in [6.07, 6.45) is 1.24. The predicted molar refractivity (Wildman–Crippen MR) is 76.2 cm³/mol. The Balaban J connectivity index is 2.15. The van der Waals surface area contributed by atoms with Crippen LogP contribution in [0, 0.1) is 0 Å². The zero-order valence-corrected chi connectivity index (χ0v) is 11.9. The van der Waals surface area contributed by atoms with Gasteiger partial charge in [0.1, 0.15) is 5.56 Å². The molecule has 0 saturated heterocycles. The van der Waals surface area contributed by atoms with Crippen molar-refractivity contribution in [1.29, 1.82) is 0 Å². The van der Waals surface area contributed by atoms with E-state index in [0.29, 0.717) is 5.88 Å². The maximum absolute atomic E-state index is 12.1. The monoisotopic (exact) mass is 306 g/mol. The van der Waals surface area contributed by atoms with Gasteiger partial charge in [-0.25, -0.2) is 4.79 Å². The van der Waals surface area contributed by atoms with E-state index in [0.717, 1.165) is 0 Å². The van der Waals surface area contributed by atoms with E-state index in [1.54, 1.807) is 0 Å². The molecule has 2 aromatic heterocycles. The van der Waals surface area contributed by atoms with Crippen molar-refractivity contribution >= 4 is 5.91 Å². The summed E-state index contributed by atoms with van der Waals surface area (Å²) in [5, 5.41) is 2.55. The number of methoxy groups -OCH3 is 2. The largest absolute Gasteiger partial charge is 0.481 e. The molecule has 0 aliphatic carbocycles. The van der Waals surface area contributed by atoms with Crippen molar-refractivity contribution in [2.45, 2.75) is 6.54 Å². The van der Waals surface area contributed by atoms with Gasteiger partial charge in [-0.3, -0.25) is 14.6 Å². The number of amides is 1. The molecular formula is C13H14N4O5. The fourth-order valence-corrected chi connectivity index (χ4v) is 1.71. The molecule has 0 aromatic carbocycles. The van der Waals surface area contributed by atoms with Gasteiger partial charge in [0.25, 0.3) is 11.5 Å². The second kappa shape index (κ2) is 6.57. The molecule has 0 unspecified atom stereocenters. The normalized spacial score (nSPS) is 10.1. The van der Waals surface area contributed by atoms with Crippen LogP contribution in [0.5, 0.6) is 11.8 Å². The molecule has 0 aliphatic heterocycles. The molecule has 3 N–H and O–H groups in total. The SMILES string of the molecule is COc1ccc(C(=O)NCc2c[nH]c(=O)[nH]c2=O)c(OC)n1. The molecule has 22 heavy (non-hydrogen) atoms. The summed E-state index contributed by atoms with van der Waals surface area (Å²) in [6.45, 7) is -0.0554. The van der Waals surface area contributed by atoms with Crippen molar-refractivity contribution < 1.29 is 14.3 Å². The second-order valence-corrected chi connectivity index (χ2v) is 4.19. The van der Waals surface area contributed by atoms with Crippen molar-refractivity contribution in [3.05, 3.63) is 50.3 Å². The molecule has 0 spiro atoms. The molecule has 2 aromatic rings. The highest BCUT2D eigenvalue weighted by molar-refractivity contribution is 5.96. The predicted octanol–water partition coefficient (Wildman–Crippen LogP) is -0.595. The van der Waals surface area contributed by atoms with Crippen LogP contribution in [0.2, 0.25) is 0 Å². The van der Waals surface area contributed by atoms with Crippen molar-refractivity contribution in [2.75, 3.05) is 14.2 Å². The summed E-state index contributed by atoms with van der Waals surface area (Å²) in [6, 6.07) is 3.02. The Morgan fingerprint density at radius 3 is 2.68 bits per heavy atom. The molecular weight excluding hydrogens is 292 g/mol. The molecule has 0 aliphatic rings. The second-order valence-electron chi connectivity index (χ2n) is 4.19. The minimum atomic E-state index is -0.610. The van der Waals surface area contributed by atoms with Crippen LogP contribution in [0.4, 0.5) is 0 Å². The van der Waals surface area contributed by atoms with Crippen LogP contribution in [0.25, 0.3) is 0 Å². The number of nitrogens with one attached hydrogen (secondary N) is 3. The minimum Gasteiger partial charge on any atom is -0.481 e. The van der Waals surface area contributed by atoms with Gasteiger partial charge in [-0.2, -0.15) is 4.98 Å². The molecule has 9 heteroatoms. The first-order valence-corrected chi connectivity index (χ1v) is 6.23. The maximum atomic E-state index is 12.1. The van der Waals surface area contributed by atoms with Gasteiger partial charge in [0.2, 0.25) is 11.8 Å². The third-order valence-electron chi connectivity index (χ3n) is 2.82. The van der Waals surface area contributed by atoms with Crippen molar-refractivity contribution in [2.24, 2.45) is 0 Å². The van der Waals surface area contributed by atoms with Gasteiger partial charge in [0.05, 0.1) is 19.8 Å². The van der Waals surface area contributed by atoms with Crippen LogP contribution in [0.1, 0.15) is 15.9 Å². The van der Waals surface area contributed by atoms with Crippen LogP contribution in [-0.4, -0.2) is 35.1 Å². The van der Waals surface area contributed by atoms with E-state index in [2.05, 4.69) is 20.3 Å². The number of carbonyl (C=O) groups is 1. The van der Waals surface area contributed by atoms with Crippen LogP contribution >= 0.6 is 0 Å². The maximum Gasteiger partial charge on any atom is 0.325 e. The summed E-state index contributed by atoms with van der Waals surface area (Å²) >= 11 is 0. The van der Waals surface area contributed by atoms with E-state index < -0.39 is 17.2 Å². The van der Waals surface area contributed by atoms with E-state index in [1.807, 2.05) is 0 Å². The standard InChI is InChI=1S/C13H14N4O5/c1-21-9-4-3-8(12(16-9)22-2)11(19)14-5-7-6-15-13(20)17-10(7)18/h3-4,6H,5H2,1-2H3,(H,14,19)(H2,15,17,18,20). The fourth-order valence-electron chi connectivity index (χ4n) is 1.71. The molecule has 0 bridgehead atoms. The molecule has 0 fully saturated rings. The molecule has 2 rings (SSSR count). The van der Waals surface area contributed by atoms with E-state index in [-0.39, 0.29) is 23.6 Å². The van der Waals surface area contributed by atoms with Crippen LogP contribution in [0.3, 0.4) is 0 Å². The number of H-pyrrole nitrogens is 2. The van der Waals surface area contributed by atoms with Gasteiger partial charge >= 0.3 is 5.69 Å². The smallest absolute Gasteiger partial charge is 0.325 e. The zero-order valence-electron chi connectivity index (χ0n) is 11.9. The Kier molecular flexibility index (Phi) is 4.57. The Morgan fingerprint density at radius 2 is 2.05 bits per heavy atom. The topological polar surface area (TPSA) is 126 Å². The highest BCUT2D eigenvalue weighted by atomic mass is 16.5. The number of hydrogen-bond acceptors (Lipinski definition) is 6. The molecule has 0 radical (unpaired) electrons. The first kappa shape index (κ1) is 15.3. The number of ether oxygens (including phenoxy) is 2. The lowest BCUT2D eigenvalue weighted by Gasteiger charge is -2.09. The highest BCUT2D eigenvalue weighted by Gasteiger charge is 2.15. The van der Waals surface area contributed by atoms with Crippen molar-refractivity contribution in [3.8, 4) is 11.8 Å². The number of hydrogen-bond donors (Lipinski definition) is 3. The number of rotatable bonds is 5. The summed E-state index contributed by atoms with van der Waals surface area (Å²) in [7, 11) is 2.83. The number of pyridine rings is 1. The lowest BCUT2D eigenvalue weighted by atomic mass is 10.2. The van der Waals surface area contributed by atoms with E-state index >= 15 is 0 Å². The van der Waals surface area contributed by atoms with Crippen LogP contribution < -0.4 is 26.0 Å². The summed E-state index contributed by atoms with van der Waals surface area (Å²) in [5.41, 5.74) is -0.762. The highest BCUT2D eigenvalue weighted by Crippen LogP contribution is 2.19. The van der Waals surface area contributed by atoms with Crippen molar-refractivity contribution in [3.63, 3.8) is 0 Å². The Bertz CT molecular complexity index is 796. The number of carbonyl (C=O) groups excluding carboxylic acids is 1. The molecule has 0 atom stereocenters. The lowest BCUT2D eigenvalue weighted by Crippen LogP contribution is -2.30. The lowest BCUT2D eigenvalue weighted by molar-refractivity contribution is 0.0947. The average molecular weight is 306 g/mol. The van der Waals surface area contributed by atoms with E-state index in [1.165, 1.54) is 32.5 Å². The van der Waals surface area contributed by atoms with Crippen LogP contribution in [-0.2, 0) is 6.54 Å². The van der Waals surface area contributed by atoms with Gasteiger partial charge < -0.3 is 19.8 Å². The van der Waals surface area contributed by atoms with Gasteiger partial charge in [0, 0.05) is 18.8 Å². The van der Waals surface area contributed by atoms with Gasteiger partial charge in [-0.05, 0) is 6.07 Å². The number of aromatic amines is 2. The molecule has 1 amide bonds. The van der Waals surface area contributed by atoms with Gasteiger partial charge in [0.15, 0.2) is 0 Å². The summed E-state index contributed by atoms with van der Waals surface area (Å²) in [4.78, 5) is 42.9. The molecule has 0 saturated carbocycles. The minimum absolute atomic E-state index is 0.0554. The molecule has 116 valence electrons. The number of nitrogens with zero attached hydrogens (tertiary/aromatic N) is 1. The molecule has 2 heterocycles. The van der Waals surface area contributed by atoms with E-state index in [9.17, 15) is 14.4 Å². The Morgan fingerprint density at radius 1 is 1.27 bits per heavy atom. The Hall–Kier alpha value is -3.10. The van der Waals surface area contributed by atoms with E-state index in [4.69, 9.17) is 9.47 Å². The van der Waals surface area contributed by atoms with Crippen molar-refractivity contribution in [1.82, 2.24) is 20.3 Å². The molecule has 9 nitrogen and oxygen atoms in total. The van der Waals surface area contributed by atoms with Gasteiger partial charge in [-0.1, -0.05) is 0 Å². The zero-order chi connectivity index (χ0) is 16.1. The van der Waals surface area contributed by atoms with Crippen LogP contribution in [0.15, 0.2) is 27.9 Å². The Labute approximate surface area is 124 Å². The first-order valence-electron chi connectivity index (χ1n) is 6.23. The fraction of sp³-hybridized carbons (Fsp3) is 0.231. The summed E-state index contributed by atoms with van der Waals surface area (Å²) in [5.74, 6) is -0.0599. The third-order valence-corrected chi connectivity index (χ3v) is 2.82. The third kappa shape index (κ3) is 3.32. The summed E-state index contributed by atoms with van der Waals surface area (Å²) < 4.78 is 9.98.